The van der Waals surface area contributed by atoms with E-state index in [1.807, 2.05) is 27.1 Å². The second-order valence-electron chi connectivity index (χ2n) is 3.87. The molecule has 0 aliphatic carbocycles. The van der Waals surface area contributed by atoms with Gasteiger partial charge in [-0.05, 0) is 6.92 Å². The molecule has 0 unspecified atom stereocenters. The fourth-order valence-electron chi connectivity index (χ4n) is 1.60. The highest BCUT2D eigenvalue weighted by Gasteiger charge is 2.06. The van der Waals surface area contributed by atoms with Crippen molar-refractivity contribution in [2.75, 3.05) is 11.1 Å². The molecule has 0 radical (unpaired) electrons. The van der Waals surface area contributed by atoms with E-state index in [1.54, 1.807) is 10.7 Å². The van der Waals surface area contributed by atoms with Crippen LogP contribution in [0.5, 0.6) is 0 Å². The van der Waals surface area contributed by atoms with Crippen molar-refractivity contribution in [2.24, 2.45) is 7.05 Å². The number of hydrogen-bond donors (Lipinski definition) is 2. The van der Waals surface area contributed by atoms with Crippen LogP contribution in [0.15, 0.2) is 12.3 Å². The minimum absolute atomic E-state index is 0.473. The van der Waals surface area contributed by atoms with Gasteiger partial charge in [0.05, 0.1) is 11.4 Å². The molecule has 0 aliphatic heterocycles. The first-order valence-corrected chi connectivity index (χ1v) is 5.49. The van der Waals surface area contributed by atoms with Gasteiger partial charge in [-0.3, -0.25) is 4.68 Å². The van der Waals surface area contributed by atoms with E-state index in [-0.39, 0.29) is 0 Å². The number of nitrogens with one attached hydrogen (secondary N) is 1. The molecule has 0 spiro atoms. The van der Waals surface area contributed by atoms with Crippen molar-refractivity contribution >= 4 is 17.3 Å². The lowest BCUT2D eigenvalue weighted by Crippen LogP contribution is -2.02. The summed E-state index contributed by atoms with van der Waals surface area (Å²) in [6, 6.07) is 1.71. The first kappa shape index (κ1) is 11.4. The van der Waals surface area contributed by atoms with Crippen LogP contribution in [-0.4, -0.2) is 19.7 Å². The molecule has 0 aromatic carbocycles. The number of aromatic nitrogens is 4. The normalized spacial score (nSPS) is 10.5. The lowest BCUT2D eigenvalue weighted by atomic mass is 10.4. The van der Waals surface area contributed by atoms with E-state index < -0.39 is 0 Å². The molecule has 0 saturated heterocycles. The first-order valence-electron chi connectivity index (χ1n) is 5.49. The Morgan fingerprint density at radius 1 is 1.41 bits per heavy atom. The predicted molar refractivity (Wildman–Crippen MR) is 67.1 cm³/mol. The summed E-state index contributed by atoms with van der Waals surface area (Å²) in [6.07, 6.45) is 2.66. The van der Waals surface area contributed by atoms with Gasteiger partial charge in [-0.25, -0.2) is 9.97 Å². The van der Waals surface area contributed by atoms with E-state index in [1.165, 1.54) is 0 Å². The van der Waals surface area contributed by atoms with Gasteiger partial charge < -0.3 is 11.1 Å². The quantitative estimate of drug-likeness (QED) is 0.836. The highest BCUT2D eigenvalue weighted by Crippen LogP contribution is 2.18. The topological polar surface area (TPSA) is 81.6 Å². The van der Waals surface area contributed by atoms with E-state index in [0.29, 0.717) is 11.6 Å². The Bertz CT molecular complexity index is 531. The maximum atomic E-state index is 5.72. The third kappa shape index (κ3) is 2.52. The Morgan fingerprint density at radius 2 is 2.18 bits per heavy atom. The molecule has 0 bridgehead atoms. The molecule has 2 heterocycles. The van der Waals surface area contributed by atoms with Gasteiger partial charge in [0.1, 0.15) is 17.5 Å². The number of anilines is 3. The molecule has 2 rings (SSSR count). The Morgan fingerprint density at radius 3 is 2.76 bits per heavy atom. The minimum atomic E-state index is 0.473. The van der Waals surface area contributed by atoms with Gasteiger partial charge in [-0.15, -0.1) is 0 Å². The molecule has 90 valence electrons. The van der Waals surface area contributed by atoms with E-state index >= 15 is 0 Å². The molecule has 17 heavy (non-hydrogen) atoms. The van der Waals surface area contributed by atoms with Crippen LogP contribution in [0.1, 0.15) is 18.4 Å². The summed E-state index contributed by atoms with van der Waals surface area (Å²) in [5.41, 5.74) is 7.56. The van der Waals surface area contributed by atoms with Crippen LogP contribution in [0.2, 0.25) is 0 Å². The minimum Gasteiger partial charge on any atom is -0.384 e. The van der Waals surface area contributed by atoms with Crippen molar-refractivity contribution in [2.45, 2.75) is 20.3 Å². The molecule has 2 aromatic heterocycles. The number of rotatable bonds is 3. The monoisotopic (exact) mass is 232 g/mol. The van der Waals surface area contributed by atoms with Crippen LogP contribution in [0.4, 0.5) is 17.3 Å². The SMILES string of the molecule is CCc1nc(N)cc(Nc2cn(C)nc2C)n1. The summed E-state index contributed by atoms with van der Waals surface area (Å²) in [6.45, 7) is 3.93. The van der Waals surface area contributed by atoms with E-state index in [0.717, 1.165) is 23.6 Å². The average Bonchev–Trinajstić information content (AvgIpc) is 2.56. The van der Waals surface area contributed by atoms with Gasteiger partial charge >= 0.3 is 0 Å². The van der Waals surface area contributed by atoms with Crippen LogP contribution in [0, 0.1) is 6.92 Å². The largest absolute Gasteiger partial charge is 0.384 e. The van der Waals surface area contributed by atoms with Crippen molar-refractivity contribution in [1.82, 2.24) is 19.7 Å². The molecular formula is C11H16N6. The van der Waals surface area contributed by atoms with Crippen molar-refractivity contribution in [3.05, 3.63) is 23.8 Å². The van der Waals surface area contributed by atoms with Gasteiger partial charge in [0.25, 0.3) is 0 Å². The zero-order valence-electron chi connectivity index (χ0n) is 10.2. The van der Waals surface area contributed by atoms with Gasteiger partial charge in [-0.1, -0.05) is 6.92 Å². The maximum absolute atomic E-state index is 5.72. The zero-order valence-corrected chi connectivity index (χ0v) is 10.2. The highest BCUT2D eigenvalue weighted by molar-refractivity contribution is 5.59. The third-order valence-corrected chi connectivity index (χ3v) is 2.38. The van der Waals surface area contributed by atoms with Gasteiger partial charge in [0.2, 0.25) is 0 Å². The van der Waals surface area contributed by atoms with Crippen molar-refractivity contribution < 1.29 is 0 Å². The van der Waals surface area contributed by atoms with E-state index in [2.05, 4.69) is 20.4 Å². The van der Waals surface area contributed by atoms with Crippen LogP contribution < -0.4 is 11.1 Å². The molecule has 3 N–H and O–H groups in total. The smallest absolute Gasteiger partial charge is 0.136 e. The number of nitrogens with zero attached hydrogens (tertiary/aromatic N) is 4. The first-order chi connectivity index (χ1) is 8.08. The summed E-state index contributed by atoms with van der Waals surface area (Å²) in [7, 11) is 1.88. The summed E-state index contributed by atoms with van der Waals surface area (Å²) < 4.78 is 1.75. The standard InChI is InChI=1S/C11H16N6/c1-4-10-14-9(12)5-11(15-10)13-8-6-17(3)16-7(8)2/h5-6H,4H2,1-3H3,(H3,12,13,14,15). The van der Waals surface area contributed by atoms with Gasteiger partial charge in [0.15, 0.2) is 0 Å². The second-order valence-corrected chi connectivity index (χ2v) is 3.87. The Balaban J connectivity index is 2.29. The number of nitrogen functional groups attached to an aromatic ring is 1. The van der Waals surface area contributed by atoms with Crippen LogP contribution in [0.3, 0.4) is 0 Å². The number of aryl methyl sites for hydroxylation is 3. The lowest BCUT2D eigenvalue weighted by Gasteiger charge is -2.06. The Hall–Kier alpha value is -2.11. The van der Waals surface area contributed by atoms with Gasteiger partial charge in [0, 0.05) is 25.7 Å². The Kier molecular flexibility index (Phi) is 2.95. The second kappa shape index (κ2) is 4.40. The molecule has 0 saturated carbocycles. The molecule has 0 amide bonds. The van der Waals surface area contributed by atoms with Crippen LogP contribution in [0.25, 0.3) is 0 Å². The highest BCUT2D eigenvalue weighted by atomic mass is 15.3. The van der Waals surface area contributed by atoms with Gasteiger partial charge in [-0.2, -0.15) is 5.10 Å². The third-order valence-electron chi connectivity index (χ3n) is 2.38. The summed E-state index contributed by atoms with van der Waals surface area (Å²) in [5.74, 6) is 1.90. The molecule has 6 nitrogen and oxygen atoms in total. The predicted octanol–water partition coefficient (Wildman–Crippen LogP) is 1.41. The molecule has 0 aliphatic rings. The van der Waals surface area contributed by atoms with Crippen LogP contribution >= 0.6 is 0 Å². The van der Waals surface area contributed by atoms with Crippen LogP contribution in [-0.2, 0) is 13.5 Å². The molecule has 0 atom stereocenters. The van der Waals surface area contributed by atoms with Crippen molar-refractivity contribution in [1.29, 1.82) is 0 Å². The fraction of sp³-hybridized carbons (Fsp3) is 0.364. The summed E-state index contributed by atoms with van der Waals surface area (Å²) in [4.78, 5) is 8.49. The average molecular weight is 232 g/mol. The van der Waals surface area contributed by atoms with E-state index in [4.69, 9.17) is 5.73 Å². The molecule has 6 heteroatoms. The number of hydrogen-bond acceptors (Lipinski definition) is 5. The zero-order chi connectivity index (χ0) is 12.4. The van der Waals surface area contributed by atoms with E-state index in [9.17, 15) is 0 Å². The van der Waals surface area contributed by atoms with Crippen molar-refractivity contribution in [3.63, 3.8) is 0 Å². The maximum Gasteiger partial charge on any atom is 0.136 e. The molecule has 2 aromatic rings. The fourth-order valence-corrected chi connectivity index (χ4v) is 1.60. The molecule has 0 fully saturated rings. The summed E-state index contributed by atoms with van der Waals surface area (Å²) in [5, 5.41) is 7.45. The molecular weight excluding hydrogens is 216 g/mol. The lowest BCUT2D eigenvalue weighted by molar-refractivity contribution is 0.756. The Labute approximate surface area is 99.9 Å². The van der Waals surface area contributed by atoms with Crippen molar-refractivity contribution in [3.8, 4) is 0 Å². The summed E-state index contributed by atoms with van der Waals surface area (Å²) >= 11 is 0. The number of nitrogens with two attached hydrogens (primary N) is 1.